The molecule has 0 unspecified atom stereocenters. The fourth-order valence-corrected chi connectivity index (χ4v) is 7.68. The second-order valence-electron chi connectivity index (χ2n) is 11.3. The number of hydrogen-bond donors (Lipinski definition) is 0. The Morgan fingerprint density at radius 2 is 1.76 bits per heavy atom. The third kappa shape index (κ3) is 4.71. The van der Waals surface area contributed by atoms with E-state index in [2.05, 4.69) is 12.1 Å². The number of methoxy groups -OCH3 is 1. The summed E-state index contributed by atoms with van der Waals surface area (Å²) in [4.78, 5) is 30.8. The average molecular weight is 586 g/mol. The van der Waals surface area contributed by atoms with Crippen LogP contribution >= 0.6 is 12.2 Å². The Morgan fingerprint density at radius 3 is 2.48 bits per heavy atom. The monoisotopic (exact) mass is 585 g/mol. The van der Waals surface area contributed by atoms with E-state index in [0.29, 0.717) is 12.3 Å². The van der Waals surface area contributed by atoms with Gasteiger partial charge < -0.3 is 23.8 Å². The van der Waals surface area contributed by atoms with Crippen LogP contribution in [0.4, 0.5) is 0 Å². The van der Waals surface area contributed by atoms with Crippen molar-refractivity contribution in [1.29, 1.82) is 0 Å². The Kier molecular flexibility index (Phi) is 7.66. The van der Waals surface area contributed by atoms with Gasteiger partial charge in [-0.2, -0.15) is 0 Å². The number of likely N-dealkylation sites (tertiary alicyclic amines) is 1. The van der Waals surface area contributed by atoms with Crippen molar-refractivity contribution in [3.63, 3.8) is 0 Å². The molecule has 3 aliphatic rings. The molecule has 2 bridgehead atoms. The van der Waals surface area contributed by atoms with Crippen molar-refractivity contribution in [2.45, 2.75) is 56.7 Å². The number of hydrogen-bond acceptors (Lipinski definition) is 7. The maximum absolute atomic E-state index is 15.0. The van der Waals surface area contributed by atoms with E-state index in [1.165, 1.54) is 5.56 Å². The normalized spacial score (nSPS) is 26.0. The molecule has 42 heavy (non-hydrogen) atoms. The highest BCUT2D eigenvalue weighted by Gasteiger charge is 2.68. The predicted molar refractivity (Wildman–Crippen MR) is 161 cm³/mol. The van der Waals surface area contributed by atoms with Crippen LogP contribution in [0.1, 0.15) is 49.3 Å². The lowest BCUT2D eigenvalue weighted by Gasteiger charge is -2.62. The zero-order chi connectivity index (χ0) is 29.3. The van der Waals surface area contributed by atoms with Crippen molar-refractivity contribution in [3.8, 4) is 11.5 Å². The SMILES string of the molecule is CCOC(=O)[C@]1(OC(=S)Oc2ccccc2)C[C@@H]2[C@@H]3CCC[C@]2(c2ccc(OC)cc2C3)N(Cc2ccccc2)C1=O. The lowest BCUT2D eigenvalue weighted by atomic mass is 9.52. The van der Waals surface area contributed by atoms with E-state index < -0.39 is 23.0 Å². The van der Waals surface area contributed by atoms with Crippen LogP contribution in [0.25, 0.3) is 0 Å². The summed E-state index contributed by atoms with van der Waals surface area (Å²) in [5.41, 5.74) is 0.689. The molecule has 3 aromatic carbocycles. The molecule has 6 rings (SSSR count). The number of para-hydroxylation sites is 1. The molecular formula is C34H35NO6S. The lowest BCUT2D eigenvalue weighted by Crippen LogP contribution is -2.72. The molecule has 2 fully saturated rings. The highest BCUT2D eigenvalue weighted by molar-refractivity contribution is 7.79. The zero-order valence-electron chi connectivity index (χ0n) is 23.9. The Bertz CT molecular complexity index is 1480. The summed E-state index contributed by atoms with van der Waals surface area (Å²) in [6.45, 7) is 2.13. The van der Waals surface area contributed by atoms with Gasteiger partial charge in [0, 0.05) is 25.2 Å². The molecular weight excluding hydrogens is 550 g/mol. The van der Waals surface area contributed by atoms with Crippen LogP contribution in [0, 0.1) is 11.8 Å². The largest absolute Gasteiger partial charge is 0.497 e. The van der Waals surface area contributed by atoms with Gasteiger partial charge in [-0.3, -0.25) is 4.79 Å². The van der Waals surface area contributed by atoms with Crippen LogP contribution in [0.3, 0.4) is 0 Å². The third-order valence-electron chi connectivity index (χ3n) is 9.15. The first-order chi connectivity index (χ1) is 20.4. The van der Waals surface area contributed by atoms with Crippen LogP contribution in [-0.2, 0) is 37.6 Å². The fourth-order valence-electron chi connectivity index (χ4n) is 7.44. The molecule has 1 amide bonds. The average Bonchev–Trinajstić information content (AvgIpc) is 3.00. The van der Waals surface area contributed by atoms with Gasteiger partial charge in [-0.05, 0) is 79.0 Å². The summed E-state index contributed by atoms with van der Waals surface area (Å²) >= 11 is 5.51. The quantitative estimate of drug-likeness (QED) is 0.192. The number of ether oxygens (including phenoxy) is 4. The summed E-state index contributed by atoms with van der Waals surface area (Å²) < 4.78 is 23.2. The number of benzene rings is 3. The van der Waals surface area contributed by atoms with Crippen LogP contribution in [-0.4, -0.2) is 41.3 Å². The molecule has 4 atom stereocenters. The van der Waals surface area contributed by atoms with Gasteiger partial charge in [0.25, 0.3) is 11.5 Å². The maximum atomic E-state index is 15.0. The van der Waals surface area contributed by atoms with Crippen LogP contribution < -0.4 is 9.47 Å². The summed E-state index contributed by atoms with van der Waals surface area (Å²) in [5.74, 6) is 0.235. The van der Waals surface area contributed by atoms with Gasteiger partial charge in [0.1, 0.15) is 11.5 Å². The van der Waals surface area contributed by atoms with E-state index in [-0.39, 0.29) is 30.1 Å². The topological polar surface area (TPSA) is 74.3 Å². The van der Waals surface area contributed by atoms with Gasteiger partial charge in [0.2, 0.25) is 0 Å². The Labute approximate surface area is 251 Å². The zero-order valence-corrected chi connectivity index (χ0v) is 24.7. The summed E-state index contributed by atoms with van der Waals surface area (Å²) in [7, 11) is 1.67. The number of nitrogens with zero attached hydrogens (tertiary/aromatic N) is 1. The number of fused-ring (bicyclic) bond motifs is 1. The number of rotatable bonds is 7. The highest BCUT2D eigenvalue weighted by atomic mass is 32.1. The Hall–Kier alpha value is -3.91. The first-order valence-corrected chi connectivity index (χ1v) is 15.0. The van der Waals surface area contributed by atoms with Gasteiger partial charge >= 0.3 is 11.2 Å². The lowest BCUT2D eigenvalue weighted by molar-refractivity contribution is -0.202. The number of esters is 1. The van der Waals surface area contributed by atoms with E-state index >= 15 is 0 Å². The smallest absolute Gasteiger partial charge is 0.360 e. The predicted octanol–water partition coefficient (Wildman–Crippen LogP) is 5.98. The van der Waals surface area contributed by atoms with Crippen molar-refractivity contribution in [2.24, 2.45) is 11.8 Å². The molecule has 0 N–H and O–H groups in total. The minimum atomic E-state index is -1.97. The summed E-state index contributed by atoms with van der Waals surface area (Å²) in [5, 5.41) is -0.288. The molecule has 1 saturated heterocycles. The number of thiocarbonyl (C=S) groups is 1. The van der Waals surface area contributed by atoms with Crippen molar-refractivity contribution < 1.29 is 28.5 Å². The molecule has 7 nitrogen and oxygen atoms in total. The standard InChI is InChI=1S/C34H35NO6S/c1-3-39-31(37)34(41-32(42)40-26-14-8-5-9-15-26)21-29-24-13-10-18-33(29,28-17-16-27(38-2)20-25(28)19-24)35(30(34)36)22-23-11-6-4-7-12-23/h4-9,11-12,14-17,20,24,29H,3,10,13,18-19,21-22H2,1-2H3/t24-,29-,33-,34+/m1/s1. The van der Waals surface area contributed by atoms with E-state index in [9.17, 15) is 9.59 Å². The Balaban J connectivity index is 1.49. The van der Waals surface area contributed by atoms with Crippen LogP contribution in [0.15, 0.2) is 78.9 Å². The van der Waals surface area contributed by atoms with Crippen molar-refractivity contribution in [3.05, 3.63) is 95.6 Å². The second-order valence-corrected chi connectivity index (χ2v) is 11.6. The number of carbonyl (C=O) groups is 2. The molecule has 0 spiro atoms. The van der Waals surface area contributed by atoms with E-state index in [1.54, 1.807) is 26.2 Å². The van der Waals surface area contributed by atoms with Gasteiger partial charge in [-0.25, -0.2) is 4.79 Å². The molecule has 0 aromatic heterocycles. The molecule has 1 saturated carbocycles. The van der Waals surface area contributed by atoms with Gasteiger partial charge in [-0.1, -0.05) is 61.0 Å². The fraction of sp³-hybridized carbons (Fsp3) is 0.382. The summed E-state index contributed by atoms with van der Waals surface area (Å²) in [6, 6.07) is 25.0. The molecule has 8 heteroatoms. The van der Waals surface area contributed by atoms with Crippen molar-refractivity contribution in [2.75, 3.05) is 13.7 Å². The number of amides is 1. The van der Waals surface area contributed by atoms with Gasteiger partial charge in [0.05, 0.1) is 19.3 Å². The Morgan fingerprint density at radius 1 is 1.02 bits per heavy atom. The number of carbonyl (C=O) groups excluding carboxylic acids is 2. The van der Waals surface area contributed by atoms with E-state index in [1.807, 2.05) is 59.5 Å². The molecule has 218 valence electrons. The van der Waals surface area contributed by atoms with Gasteiger partial charge in [-0.15, -0.1) is 0 Å². The molecule has 2 aliphatic carbocycles. The maximum Gasteiger partial charge on any atom is 0.360 e. The first-order valence-electron chi connectivity index (χ1n) is 14.6. The third-order valence-corrected chi connectivity index (χ3v) is 9.31. The first kappa shape index (κ1) is 28.2. The second kappa shape index (κ2) is 11.4. The van der Waals surface area contributed by atoms with Gasteiger partial charge in [0.15, 0.2) is 0 Å². The minimum absolute atomic E-state index is 0.0579. The van der Waals surface area contributed by atoms with Crippen LogP contribution in [0.5, 0.6) is 11.5 Å². The molecule has 1 heterocycles. The van der Waals surface area contributed by atoms with E-state index in [4.69, 9.17) is 31.2 Å². The molecule has 0 radical (unpaired) electrons. The molecule has 1 aliphatic heterocycles. The van der Waals surface area contributed by atoms with Crippen molar-refractivity contribution >= 4 is 29.3 Å². The molecule has 3 aromatic rings. The highest BCUT2D eigenvalue weighted by Crippen LogP contribution is 2.60. The van der Waals surface area contributed by atoms with E-state index in [0.717, 1.165) is 42.6 Å². The van der Waals surface area contributed by atoms with Crippen LogP contribution in [0.2, 0.25) is 0 Å². The summed E-state index contributed by atoms with van der Waals surface area (Å²) in [6.07, 6.45) is 3.74. The minimum Gasteiger partial charge on any atom is -0.497 e. The number of piperidine rings is 1. The van der Waals surface area contributed by atoms with Crippen molar-refractivity contribution in [1.82, 2.24) is 4.90 Å².